The molecule has 0 spiro atoms. The molecule has 5 aromatic rings. The summed E-state index contributed by atoms with van der Waals surface area (Å²) in [4.78, 5) is 7.78. The second-order valence-corrected chi connectivity index (χ2v) is 11.0. The van der Waals surface area contributed by atoms with Crippen LogP contribution in [0.25, 0.3) is 27.3 Å². The summed E-state index contributed by atoms with van der Waals surface area (Å²) in [6.07, 6.45) is 7.17. The quantitative estimate of drug-likeness (QED) is 0.300. The molecule has 4 aromatic heterocycles. The molecular formula is C24H22N6OS2. The lowest BCUT2D eigenvalue weighted by molar-refractivity contribution is 0.528. The summed E-state index contributed by atoms with van der Waals surface area (Å²) in [6.45, 7) is 2.06. The fraction of sp³-hybridized carbons (Fsp3) is 0.375. The van der Waals surface area contributed by atoms with Gasteiger partial charge in [0.15, 0.2) is 10.8 Å². The van der Waals surface area contributed by atoms with Crippen molar-refractivity contribution in [3.63, 3.8) is 0 Å². The van der Waals surface area contributed by atoms with E-state index in [0.717, 1.165) is 39.9 Å². The summed E-state index contributed by atoms with van der Waals surface area (Å²) in [5.41, 5.74) is 4.55. The van der Waals surface area contributed by atoms with E-state index in [0.29, 0.717) is 23.5 Å². The first-order valence-corrected chi connectivity index (χ1v) is 13.3. The Labute approximate surface area is 198 Å². The van der Waals surface area contributed by atoms with Crippen LogP contribution in [-0.2, 0) is 18.6 Å². The number of aromatic nitrogens is 6. The number of nitrogens with zero attached hydrogens (tertiary/aromatic N) is 6. The van der Waals surface area contributed by atoms with E-state index in [2.05, 4.69) is 31.7 Å². The molecule has 0 bridgehead atoms. The number of rotatable bonds is 5. The average Bonchev–Trinajstić information content (AvgIpc) is 3.25. The molecule has 1 fully saturated rings. The lowest BCUT2D eigenvalue weighted by Gasteiger charge is -2.11. The van der Waals surface area contributed by atoms with E-state index < -0.39 is 0 Å². The van der Waals surface area contributed by atoms with Crippen LogP contribution in [0.5, 0.6) is 0 Å². The molecule has 7 nitrogen and oxygen atoms in total. The molecule has 4 heterocycles. The number of hydrogen-bond donors (Lipinski definition) is 0. The molecule has 0 atom stereocenters. The van der Waals surface area contributed by atoms with Gasteiger partial charge in [0.05, 0.1) is 11.1 Å². The number of hydrogen-bond acceptors (Lipinski definition) is 8. The first kappa shape index (κ1) is 19.7. The number of fused-ring (bicyclic) bond motifs is 5. The summed E-state index contributed by atoms with van der Waals surface area (Å²) in [5, 5.41) is 19.8. The van der Waals surface area contributed by atoms with Crippen LogP contribution in [0.15, 0.2) is 33.8 Å². The molecule has 1 saturated carbocycles. The summed E-state index contributed by atoms with van der Waals surface area (Å²) in [6, 6.07) is 8.11. The van der Waals surface area contributed by atoms with E-state index in [-0.39, 0.29) is 0 Å². The van der Waals surface area contributed by atoms with Gasteiger partial charge in [-0.2, -0.15) is 0 Å². The third-order valence-electron chi connectivity index (χ3n) is 6.49. The number of thioether (sulfide) groups is 1. The fourth-order valence-electron chi connectivity index (χ4n) is 4.61. The normalized spacial score (nSPS) is 16.0. The van der Waals surface area contributed by atoms with Crippen LogP contribution in [0, 0.1) is 6.92 Å². The van der Waals surface area contributed by atoms with Gasteiger partial charge in [-0.15, -0.1) is 31.7 Å². The standard InChI is InChI=1S/C24H22N6OS2/c1-13-6-8-15(9-7-13)22-28-26-18(31-22)12-32-24-29-27-21-19-16-4-2-3-5-17(16)33-23(19)25-20(30(21)24)14-10-11-14/h6-9,14H,2-5,10-12H2,1H3. The molecule has 0 aliphatic heterocycles. The maximum atomic E-state index is 5.93. The summed E-state index contributed by atoms with van der Waals surface area (Å²) in [5.74, 6) is 3.28. The van der Waals surface area contributed by atoms with Crippen molar-refractivity contribution in [3.8, 4) is 11.5 Å². The van der Waals surface area contributed by atoms with Gasteiger partial charge in [-0.25, -0.2) is 4.98 Å². The average molecular weight is 475 g/mol. The fourth-order valence-corrected chi connectivity index (χ4v) is 6.65. The zero-order valence-corrected chi connectivity index (χ0v) is 19.9. The van der Waals surface area contributed by atoms with E-state index in [9.17, 15) is 0 Å². The maximum Gasteiger partial charge on any atom is 0.247 e. The van der Waals surface area contributed by atoms with Crippen molar-refractivity contribution in [2.75, 3.05) is 0 Å². The van der Waals surface area contributed by atoms with Gasteiger partial charge in [0.1, 0.15) is 10.7 Å². The highest BCUT2D eigenvalue weighted by Crippen LogP contribution is 2.44. The van der Waals surface area contributed by atoms with Crippen LogP contribution in [0.3, 0.4) is 0 Å². The van der Waals surface area contributed by atoms with Gasteiger partial charge >= 0.3 is 0 Å². The van der Waals surface area contributed by atoms with Crippen molar-refractivity contribution in [1.29, 1.82) is 0 Å². The van der Waals surface area contributed by atoms with Crippen LogP contribution in [-0.4, -0.2) is 29.8 Å². The van der Waals surface area contributed by atoms with Crippen LogP contribution in [0.4, 0.5) is 0 Å². The van der Waals surface area contributed by atoms with Crippen molar-refractivity contribution in [2.45, 2.75) is 62.3 Å². The van der Waals surface area contributed by atoms with E-state index in [1.165, 1.54) is 47.1 Å². The summed E-state index contributed by atoms with van der Waals surface area (Å²) >= 11 is 3.45. The van der Waals surface area contributed by atoms with Gasteiger partial charge in [0, 0.05) is 16.4 Å². The predicted molar refractivity (Wildman–Crippen MR) is 129 cm³/mol. The highest BCUT2D eigenvalue weighted by molar-refractivity contribution is 7.98. The third-order valence-corrected chi connectivity index (χ3v) is 8.59. The first-order valence-electron chi connectivity index (χ1n) is 11.5. The minimum Gasteiger partial charge on any atom is -0.420 e. The monoisotopic (exact) mass is 474 g/mol. The van der Waals surface area contributed by atoms with Gasteiger partial charge in [-0.05, 0) is 63.1 Å². The van der Waals surface area contributed by atoms with E-state index in [1.54, 1.807) is 11.8 Å². The Bertz CT molecular complexity index is 1500. The van der Waals surface area contributed by atoms with Gasteiger partial charge < -0.3 is 4.42 Å². The Hall–Kier alpha value is -2.78. The second kappa shape index (κ2) is 7.63. The molecule has 9 heteroatoms. The molecule has 2 aliphatic carbocycles. The molecule has 1 aromatic carbocycles. The Morgan fingerprint density at radius 1 is 1.06 bits per heavy atom. The van der Waals surface area contributed by atoms with Crippen molar-refractivity contribution < 1.29 is 4.42 Å². The van der Waals surface area contributed by atoms with Gasteiger partial charge in [0.2, 0.25) is 11.8 Å². The molecule has 0 amide bonds. The Kier molecular flexibility index (Phi) is 4.55. The van der Waals surface area contributed by atoms with E-state index >= 15 is 0 Å². The lowest BCUT2D eigenvalue weighted by atomic mass is 9.97. The number of aryl methyl sites for hydroxylation is 3. The minimum absolute atomic E-state index is 0.503. The predicted octanol–water partition coefficient (Wildman–Crippen LogP) is 5.75. The topological polar surface area (TPSA) is 82.0 Å². The highest BCUT2D eigenvalue weighted by atomic mass is 32.2. The second-order valence-electron chi connectivity index (χ2n) is 8.93. The zero-order valence-electron chi connectivity index (χ0n) is 18.2. The Morgan fingerprint density at radius 3 is 2.76 bits per heavy atom. The Balaban J connectivity index is 1.24. The SMILES string of the molecule is Cc1ccc(-c2nnc(CSc3nnc4c5c6c(sc5nc(C5CC5)n34)CCCC6)o2)cc1. The number of benzene rings is 1. The van der Waals surface area contributed by atoms with Crippen molar-refractivity contribution in [2.24, 2.45) is 0 Å². The van der Waals surface area contributed by atoms with Crippen molar-refractivity contribution in [1.82, 2.24) is 29.8 Å². The van der Waals surface area contributed by atoms with Crippen LogP contribution < -0.4 is 0 Å². The lowest BCUT2D eigenvalue weighted by Crippen LogP contribution is -2.03. The van der Waals surface area contributed by atoms with Crippen LogP contribution >= 0.6 is 23.1 Å². The smallest absolute Gasteiger partial charge is 0.247 e. The van der Waals surface area contributed by atoms with Crippen LogP contribution in [0.1, 0.15) is 59.3 Å². The molecule has 0 saturated heterocycles. The summed E-state index contributed by atoms with van der Waals surface area (Å²) < 4.78 is 8.13. The Morgan fingerprint density at radius 2 is 1.91 bits per heavy atom. The van der Waals surface area contributed by atoms with E-state index in [1.807, 2.05) is 35.6 Å². The highest BCUT2D eigenvalue weighted by Gasteiger charge is 2.32. The molecule has 33 heavy (non-hydrogen) atoms. The maximum absolute atomic E-state index is 5.93. The minimum atomic E-state index is 0.503. The first-order chi connectivity index (χ1) is 16.2. The van der Waals surface area contributed by atoms with Crippen LogP contribution in [0.2, 0.25) is 0 Å². The van der Waals surface area contributed by atoms with Gasteiger partial charge in [-0.1, -0.05) is 29.5 Å². The zero-order chi connectivity index (χ0) is 21.9. The molecule has 0 N–H and O–H groups in total. The van der Waals surface area contributed by atoms with Crippen molar-refractivity contribution in [3.05, 3.63) is 52.0 Å². The van der Waals surface area contributed by atoms with Crippen molar-refractivity contribution >= 4 is 39.0 Å². The van der Waals surface area contributed by atoms with E-state index in [4.69, 9.17) is 9.40 Å². The number of thiophene rings is 1. The molecule has 7 rings (SSSR count). The van der Waals surface area contributed by atoms with Gasteiger partial charge in [0.25, 0.3) is 0 Å². The third kappa shape index (κ3) is 3.36. The summed E-state index contributed by atoms with van der Waals surface area (Å²) in [7, 11) is 0. The van der Waals surface area contributed by atoms with Gasteiger partial charge in [-0.3, -0.25) is 4.40 Å². The molecule has 0 unspecified atom stereocenters. The molecule has 0 radical (unpaired) electrons. The molecular weight excluding hydrogens is 452 g/mol. The molecule has 166 valence electrons. The largest absolute Gasteiger partial charge is 0.420 e. The molecule has 2 aliphatic rings.